The van der Waals surface area contributed by atoms with E-state index in [1.54, 1.807) is 7.11 Å². The van der Waals surface area contributed by atoms with Crippen LogP contribution >= 0.6 is 0 Å². The molecule has 2 unspecified atom stereocenters. The Labute approximate surface area is 125 Å². The lowest BCUT2D eigenvalue weighted by Crippen LogP contribution is -2.46. The number of piperidine rings is 1. The number of hydrogen-bond donors (Lipinski definition) is 2. The molecular weight excluding hydrogens is 268 g/mol. The summed E-state index contributed by atoms with van der Waals surface area (Å²) in [6, 6.07) is 7.64. The lowest BCUT2D eigenvalue weighted by atomic mass is 9.96. The van der Waals surface area contributed by atoms with Crippen LogP contribution in [0.15, 0.2) is 24.3 Å². The Kier molecular flexibility index (Phi) is 5.59. The molecule has 116 valence electrons. The molecular formula is C16H24N2O3. The summed E-state index contributed by atoms with van der Waals surface area (Å²) in [4.78, 5) is 14.0. The van der Waals surface area contributed by atoms with E-state index in [0.29, 0.717) is 25.6 Å². The Balaban J connectivity index is 1.77. The third-order valence-corrected chi connectivity index (χ3v) is 3.99. The molecule has 0 radical (unpaired) electrons. The topological polar surface area (TPSA) is 61.8 Å². The molecule has 0 saturated carbocycles. The van der Waals surface area contributed by atoms with Crippen LogP contribution in [0.2, 0.25) is 0 Å². The predicted molar refractivity (Wildman–Crippen MR) is 81.1 cm³/mol. The number of aliphatic hydroxyl groups excluding tert-OH is 1. The lowest BCUT2D eigenvalue weighted by molar-refractivity contribution is -0.123. The molecule has 1 aliphatic heterocycles. The highest BCUT2D eigenvalue weighted by Crippen LogP contribution is 2.16. The van der Waals surface area contributed by atoms with Gasteiger partial charge in [-0.1, -0.05) is 19.1 Å². The van der Waals surface area contributed by atoms with Gasteiger partial charge in [0.1, 0.15) is 5.75 Å². The number of amides is 1. The molecule has 1 aromatic rings. The zero-order valence-corrected chi connectivity index (χ0v) is 12.7. The first-order valence-corrected chi connectivity index (χ1v) is 7.38. The second-order valence-electron chi connectivity index (χ2n) is 5.70. The number of aliphatic hydroxyl groups is 1. The number of benzene rings is 1. The number of carbonyl (C=O) groups excluding carboxylic acids is 1. The predicted octanol–water partition coefficient (Wildman–Crippen LogP) is 1.01. The summed E-state index contributed by atoms with van der Waals surface area (Å²) >= 11 is 0. The average molecular weight is 292 g/mol. The minimum absolute atomic E-state index is 0.0143. The van der Waals surface area contributed by atoms with Crippen molar-refractivity contribution < 1.29 is 14.6 Å². The van der Waals surface area contributed by atoms with Crippen molar-refractivity contribution in [2.45, 2.75) is 26.0 Å². The third-order valence-electron chi connectivity index (χ3n) is 3.99. The van der Waals surface area contributed by atoms with Crippen LogP contribution < -0.4 is 10.1 Å². The number of likely N-dealkylation sites (tertiary alicyclic amines) is 1. The van der Waals surface area contributed by atoms with Crippen LogP contribution in [0.4, 0.5) is 0 Å². The van der Waals surface area contributed by atoms with Gasteiger partial charge in [0.05, 0.1) is 19.8 Å². The average Bonchev–Trinajstić information content (AvgIpc) is 2.49. The van der Waals surface area contributed by atoms with Gasteiger partial charge in [-0.15, -0.1) is 0 Å². The van der Waals surface area contributed by atoms with Crippen LogP contribution in [0.1, 0.15) is 18.9 Å². The lowest BCUT2D eigenvalue weighted by Gasteiger charge is -2.33. The van der Waals surface area contributed by atoms with Gasteiger partial charge in [-0.05, 0) is 36.6 Å². The summed E-state index contributed by atoms with van der Waals surface area (Å²) in [5.74, 6) is 1.09. The molecule has 1 saturated heterocycles. The van der Waals surface area contributed by atoms with Crippen molar-refractivity contribution in [2.24, 2.45) is 5.92 Å². The maximum absolute atomic E-state index is 12.0. The maximum atomic E-state index is 12.0. The second kappa shape index (κ2) is 7.43. The van der Waals surface area contributed by atoms with E-state index in [1.165, 1.54) is 0 Å². The van der Waals surface area contributed by atoms with Gasteiger partial charge in [-0.3, -0.25) is 9.69 Å². The molecule has 5 heteroatoms. The van der Waals surface area contributed by atoms with Gasteiger partial charge in [0, 0.05) is 13.1 Å². The number of carbonyl (C=O) groups is 1. The summed E-state index contributed by atoms with van der Waals surface area (Å²) in [5.41, 5.74) is 1.01. The molecule has 2 atom stereocenters. The van der Waals surface area contributed by atoms with Crippen molar-refractivity contribution in [3.05, 3.63) is 29.8 Å². The molecule has 1 aromatic carbocycles. The minimum Gasteiger partial charge on any atom is -0.497 e. The monoisotopic (exact) mass is 292 g/mol. The summed E-state index contributed by atoms with van der Waals surface area (Å²) in [7, 11) is 1.63. The molecule has 1 heterocycles. The zero-order valence-electron chi connectivity index (χ0n) is 12.7. The van der Waals surface area contributed by atoms with Gasteiger partial charge in [0.2, 0.25) is 5.91 Å². The maximum Gasteiger partial charge on any atom is 0.234 e. The Morgan fingerprint density at radius 3 is 3.05 bits per heavy atom. The van der Waals surface area contributed by atoms with E-state index in [0.717, 1.165) is 24.3 Å². The number of hydrogen-bond acceptors (Lipinski definition) is 4. The third kappa shape index (κ3) is 4.72. The normalized spacial score (nSPS) is 22.8. The van der Waals surface area contributed by atoms with E-state index < -0.39 is 0 Å². The van der Waals surface area contributed by atoms with Crippen molar-refractivity contribution >= 4 is 5.91 Å². The van der Waals surface area contributed by atoms with Crippen LogP contribution in [0, 0.1) is 5.92 Å². The molecule has 0 aliphatic carbocycles. The first-order valence-electron chi connectivity index (χ1n) is 7.38. The fourth-order valence-electron chi connectivity index (χ4n) is 2.50. The fraction of sp³-hybridized carbons (Fsp3) is 0.562. The summed E-state index contributed by atoms with van der Waals surface area (Å²) < 4.78 is 5.16. The van der Waals surface area contributed by atoms with Crippen LogP contribution in [-0.4, -0.2) is 48.8 Å². The van der Waals surface area contributed by atoms with Gasteiger partial charge in [-0.25, -0.2) is 0 Å². The quantitative estimate of drug-likeness (QED) is 0.850. The van der Waals surface area contributed by atoms with Crippen molar-refractivity contribution in [2.75, 3.05) is 26.7 Å². The van der Waals surface area contributed by atoms with Gasteiger partial charge in [-0.2, -0.15) is 0 Å². The fourth-order valence-corrected chi connectivity index (χ4v) is 2.50. The largest absolute Gasteiger partial charge is 0.497 e. The summed E-state index contributed by atoms with van der Waals surface area (Å²) in [6.45, 7) is 4.32. The first kappa shape index (κ1) is 15.8. The number of ether oxygens (including phenoxy) is 1. The molecule has 1 amide bonds. The molecule has 21 heavy (non-hydrogen) atoms. The highest BCUT2D eigenvalue weighted by atomic mass is 16.5. The number of β-amino-alcohol motifs (C(OH)–C–C–N with tert-alkyl or cyclic N) is 1. The molecule has 2 N–H and O–H groups in total. The van der Waals surface area contributed by atoms with Crippen molar-refractivity contribution in [1.29, 1.82) is 0 Å². The smallest absolute Gasteiger partial charge is 0.234 e. The first-order chi connectivity index (χ1) is 10.1. The molecule has 0 aromatic heterocycles. The number of nitrogens with one attached hydrogen (secondary N) is 1. The van der Waals surface area contributed by atoms with E-state index >= 15 is 0 Å². The van der Waals surface area contributed by atoms with E-state index in [1.807, 2.05) is 36.1 Å². The molecule has 5 nitrogen and oxygen atoms in total. The van der Waals surface area contributed by atoms with E-state index in [4.69, 9.17) is 4.74 Å². The van der Waals surface area contributed by atoms with E-state index in [-0.39, 0.29) is 12.0 Å². The van der Waals surface area contributed by atoms with Crippen LogP contribution in [0.5, 0.6) is 5.75 Å². The number of methoxy groups -OCH3 is 1. The van der Waals surface area contributed by atoms with Crippen molar-refractivity contribution in [3.63, 3.8) is 0 Å². The van der Waals surface area contributed by atoms with Gasteiger partial charge >= 0.3 is 0 Å². The van der Waals surface area contributed by atoms with E-state index in [2.05, 4.69) is 5.32 Å². The highest BCUT2D eigenvalue weighted by Gasteiger charge is 2.25. The van der Waals surface area contributed by atoms with Gasteiger partial charge in [0.25, 0.3) is 0 Å². The van der Waals surface area contributed by atoms with Crippen molar-refractivity contribution in [1.82, 2.24) is 10.2 Å². The highest BCUT2D eigenvalue weighted by molar-refractivity contribution is 5.78. The number of nitrogens with zero attached hydrogens (tertiary/aromatic N) is 1. The molecule has 1 fully saturated rings. The summed E-state index contributed by atoms with van der Waals surface area (Å²) in [6.07, 6.45) is 0.606. The van der Waals surface area contributed by atoms with Crippen molar-refractivity contribution in [3.8, 4) is 5.75 Å². The Hall–Kier alpha value is -1.59. The van der Waals surface area contributed by atoms with Crippen LogP contribution in [-0.2, 0) is 11.3 Å². The molecule has 0 bridgehead atoms. The zero-order chi connectivity index (χ0) is 15.2. The van der Waals surface area contributed by atoms with Gasteiger partial charge in [0.15, 0.2) is 0 Å². The molecule has 2 rings (SSSR count). The minimum atomic E-state index is -0.329. The summed E-state index contributed by atoms with van der Waals surface area (Å²) in [5, 5.41) is 12.7. The Morgan fingerprint density at radius 2 is 2.33 bits per heavy atom. The molecule has 1 aliphatic rings. The van der Waals surface area contributed by atoms with Gasteiger partial charge < -0.3 is 15.2 Å². The Morgan fingerprint density at radius 1 is 1.52 bits per heavy atom. The van der Waals surface area contributed by atoms with Crippen LogP contribution in [0.25, 0.3) is 0 Å². The number of rotatable bonds is 5. The standard InChI is InChI=1S/C16H24N2O3/c1-12-6-7-18(10-15(12)19)11-16(20)17-9-13-4-3-5-14(8-13)21-2/h3-5,8,12,15,19H,6-7,9-11H2,1-2H3,(H,17,20). The molecule has 0 spiro atoms. The Bertz CT molecular complexity index is 478. The van der Waals surface area contributed by atoms with Crippen LogP contribution in [0.3, 0.4) is 0 Å². The second-order valence-corrected chi connectivity index (χ2v) is 5.70. The SMILES string of the molecule is COc1cccc(CNC(=O)CN2CCC(C)C(O)C2)c1. The van der Waals surface area contributed by atoms with E-state index in [9.17, 15) is 9.90 Å².